The molecule has 0 fully saturated rings. The molecule has 3 aliphatic rings. The Morgan fingerprint density at radius 3 is 2.49 bits per heavy atom. The summed E-state index contributed by atoms with van der Waals surface area (Å²) in [4.78, 5) is 27.1. The molecule has 4 aromatic rings. The van der Waals surface area contributed by atoms with Gasteiger partial charge in [-0.3, -0.25) is 9.59 Å². The van der Waals surface area contributed by atoms with Gasteiger partial charge in [-0.1, -0.05) is 0 Å². The third-order valence-corrected chi connectivity index (χ3v) is 8.32. The molecule has 0 amide bonds. The molecule has 1 aliphatic heterocycles. The Bertz CT molecular complexity index is 1890. The number of benzene rings is 2. The smallest absolute Gasteiger partial charge is 0.262 e. The highest BCUT2D eigenvalue weighted by Crippen LogP contribution is 2.59. The average Bonchev–Trinajstić information content (AvgIpc) is 2.91. The van der Waals surface area contributed by atoms with E-state index in [0.29, 0.717) is 28.0 Å². The lowest BCUT2D eigenvalue weighted by molar-refractivity contribution is -0.0587. The number of aromatic nitrogens is 1. The molecule has 2 aromatic heterocycles. The number of nitrogens with zero attached hydrogens (tertiary/aromatic N) is 1. The summed E-state index contributed by atoms with van der Waals surface area (Å²) >= 11 is 0. The topological polar surface area (TPSA) is 161 Å². The van der Waals surface area contributed by atoms with E-state index in [9.17, 15) is 30.0 Å². The van der Waals surface area contributed by atoms with E-state index in [-0.39, 0.29) is 76.4 Å². The van der Waals surface area contributed by atoms with Gasteiger partial charge in [0.25, 0.3) is 5.56 Å². The molecule has 0 saturated heterocycles. The Hall–Kier alpha value is -4.06. The van der Waals surface area contributed by atoms with Gasteiger partial charge < -0.3 is 43.6 Å². The monoisotopic (exact) mass is 535 g/mol. The zero-order chi connectivity index (χ0) is 27.5. The Balaban J connectivity index is 1.69. The first kappa shape index (κ1) is 24.0. The molecule has 2 aromatic carbocycles. The van der Waals surface area contributed by atoms with Crippen LogP contribution in [0, 0.1) is 6.92 Å². The van der Waals surface area contributed by atoms with Crippen LogP contribution in [0.2, 0.25) is 0 Å². The second kappa shape index (κ2) is 7.98. The van der Waals surface area contributed by atoms with Crippen molar-refractivity contribution in [1.29, 1.82) is 0 Å². The average molecular weight is 536 g/mol. The molecule has 7 rings (SSSR count). The molecule has 0 unspecified atom stereocenters. The van der Waals surface area contributed by atoms with Gasteiger partial charge in [0.1, 0.15) is 34.5 Å². The molecule has 11 heteroatoms. The summed E-state index contributed by atoms with van der Waals surface area (Å²) in [5.74, 6) is -0.496. The predicted octanol–water partition coefficient (Wildman–Crippen LogP) is 2.86. The number of aryl methyl sites for hydroxylation is 1. The van der Waals surface area contributed by atoms with Crippen LogP contribution in [0.3, 0.4) is 0 Å². The number of fused-ring (bicyclic) bond motifs is 6. The van der Waals surface area contributed by atoms with Crippen molar-refractivity contribution in [2.45, 2.75) is 44.5 Å². The third-order valence-electron chi connectivity index (χ3n) is 8.32. The normalized spacial score (nSPS) is 21.3. The van der Waals surface area contributed by atoms with Gasteiger partial charge in [0.2, 0.25) is 5.43 Å². The van der Waals surface area contributed by atoms with Crippen molar-refractivity contribution in [1.82, 2.24) is 4.57 Å². The van der Waals surface area contributed by atoms with E-state index in [4.69, 9.17) is 18.6 Å². The van der Waals surface area contributed by atoms with Crippen molar-refractivity contribution < 1.29 is 39.1 Å². The molecule has 0 spiro atoms. The van der Waals surface area contributed by atoms with Gasteiger partial charge in [0, 0.05) is 46.8 Å². The van der Waals surface area contributed by atoms with Crippen LogP contribution in [0.1, 0.15) is 59.3 Å². The molecule has 202 valence electrons. The minimum absolute atomic E-state index is 0.000154. The van der Waals surface area contributed by atoms with Crippen LogP contribution in [-0.2, 0) is 18.2 Å². The van der Waals surface area contributed by atoms with Crippen molar-refractivity contribution >= 4 is 21.7 Å². The summed E-state index contributed by atoms with van der Waals surface area (Å²) in [5, 5.41) is 44.6. The number of phenolic OH excluding ortho intramolecular Hbond substituents is 2. The maximum atomic E-state index is 13.7. The highest BCUT2D eigenvalue weighted by molar-refractivity contribution is 6.07. The van der Waals surface area contributed by atoms with Crippen molar-refractivity contribution in [3.05, 3.63) is 54.8 Å². The minimum atomic E-state index is -1.19. The number of hydrogen-bond donors (Lipinski definition) is 4. The van der Waals surface area contributed by atoms with Crippen molar-refractivity contribution in [2.75, 3.05) is 13.9 Å². The molecular weight excluding hydrogens is 510 g/mol. The Kier molecular flexibility index (Phi) is 4.91. The molecule has 2 aliphatic carbocycles. The van der Waals surface area contributed by atoms with Crippen LogP contribution in [0.5, 0.6) is 23.0 Å². The number of pyridine rings is 1. The number of ether oxygens (including phenoxy) is 3. The van der Waals surface area contributed by atoms with E-state index in [1.807, 2.05) is 0 Å². The Morgan fingerprint density at radius 1 is 1.03 bits per heavy atom. The molecule has 4 N–H and O–H groups in total. The molecule has 0 saturated carbocycles. The van der Waals surface area contributed by atoms with Gasteiger partial charge in [-0.15, -0.1) is 0 Å². The fraction of sp³-hybridized carbons (Fsp3) is 0.357. The van der Waals surface area contributed by atoms with E-state index in [1.165, 1.54) is 11.7 Å². The minimum Gasteiger partial charge on any atom is -0.506 e. The molecule has 11 nitrogen and oxygen atoms in total. The summed E-state index contributed by atoms with van der Waals surface area (Å²) in [6.45, 7) is 1.67. The second-order valence-electron chi connectivity index (χ2n) is 10.3. The zero-order valence-corrected chi connectivity index (χ0v) is 21.3. The lowest BCUT2D eigenvalue weighted by atomic mass is 9.78. The van der Waals surface area contributed by atoms with Gasteiger partial charge in [0.05, 0.1) is 30.3 Å². The number of phenols is 2. The number of rotatable bonds is 1. The highest BCUT2D eigenvalue weighted by atomic mass is 16.7. The zero-order valence-electron chi connectivity index (χ0n) is 21.3. The number of hydrogen-bond acceptors (Lipinski definition) is 10. The predicted molar refractivity (Wildman–Crippen MR) is 137 cm³/mol. The van der Waals surface area contributed by atoms with Crippen molar-refractivity contribution in [3.8, 4) is 34.1 Å². The number of aliphatic hydroxyl groups is 2. The molecule has 3 heterocycles. The number of aliphatic hydroxyl groups excluding tert-OH is 2. The van der Waals surface area contributed by atoms with E-state index in [2.05, 4.69) is 0 Å². The highest BCUT2D eigenvalue weighted by Gasteiger charge is 2.42. The summed E-state index contributed by atoms with van der Waals surface area (Å²) < 4.78 is 24.9. The van der Waals surface area contributed by atoms with E-state index in [1.54, 1.807) is 20.0 Å². The van der Waals surface area contributed by atoms with Gasteiger partial charge >= 0.3 is 0 Å². The first-order chi connectivity index (χ1) is 18.6. The SMILES string of the molecule is COc1c2c(c(O)c3c(=O)c4c(oc13)[C@H](O)CC[C@@H]4O)-c1c3c(c4cc(C)n(C)c(=O)c4c1O)OCO[C@@H]3C2. The van der Waals surface area contributed by atoms with Gasteiger partial charge in [0.15, 0.2) is 18.1 Å². The summed E-state index contributed by atoms with van der Waals surface area (Å²) in [7, 11) is 2.96. The fourth-order valence-electron chi connectivity index (χ4n) is 6.35. The maximum absolute atomic E-state index is 13.7. The molecule has 39 heavy (non-hydrogen) atoms. The summed E-state index contributed by atoms with van der Waals surface area (Å²) in [6.07, 6.45) is -2.41. The lowest BCUT2D eigenvalue weighted by Gasteiger charge is -2.35. The van der Waals surface area contributed by atoms with Crippen LogP contribution >= 0.6 is 0 Å². The van der Waals surface area contributed by atoms with E-state index in [0.717, 1.165) is 0 Å². The van der Waals surface area contributed by atoms with Crippen LogP contribution in [0.15, 0.2) is 20.1 Å². The van der Waals surface area contributed by atoms with Gasteiger partial charge in [-0.2, -0.15) is 0 Å². The fourth-order valence-corrected chi connectivity index (χ4v) is 6.35. The number of aromatic hydroxyl groups is 2. The quantitative estimate of drug-likeness (QED) is 0.285. The largest absolute Gasteiger partial charge is 0.506 e. The Morgan fingerprint density at radius 2 is 1.74 bits per heavy atom. The first-order valence-corrected chi connectivity index (χ1v) is 12.6. The number of methoxy groups -OCH3 is 1. The van der Waals surface area contributed by atoms with E-state index >= 15 is 0 Å². The van der Waals surface area contributed by atoms with Crippen LogP contribution in [-0.4, -0.2) is 38.9 Å². The van der Waals surface area contributed by atoms with Crippen molar-refractivity contribution in [3.63, 3.8) is 0 Å². The maximum Gasteiger partial charge on any atom is 0.262 e. The Labute approximate surface area is 220 Å². The third kappa shape index (κ3) is 2.92. The summed E-state index contributed by atoms with van der Waals surface area (Å²) in [6, 6.07) is 1.75. The van der Waals surface area contributed by atoms with Crippen LogP contribution in [0.4, 0.5) is 0 Å². The first-order valence-electron chi connectivity index (χ1n) is 12.6. The van der Waals surface area contributed by atoms with Crippen LogP contribution in [0.25, 0.3) is 32.9 Å². The second-order valence-corrected chi connectivity index (χ2v) is 10.3. The standard InChI is InChI=1S/C28H25NO10/c1-9-6-10-16(28(35)29(9)2)22(33)19-15-11(7-14-18(19)24(10)38-8-37-14)25(36-3)27-20(21(15)32)23(34)17-12(30)4-5-13(31)26(17)39-27/h6,12-14,30-33H,4-5,7-8H2,1-3H3/t12-,13+,14+/m0/s1. The molecule has 3 atom stereocenters. The lowest BCUT2D eigenvalue weighted by Crippen LogP contribution is -2.27. The summed E-state index contributed by atoms with van der Waals surface area (Å²) in [5.41, 5.74) is 0.276. The molecule has 0 radical (unpaired) electrons. The van der Waals surface area contributed by atoms with Gasteiger partial charge in [-0.05, 0) is 25.8 Å². The molecular formula is C28H25NO10. The van der Waals surface area contributed by atoms with Crippen LogP contribution < -0.4 is 20.5 Å². The van der Waals surface area contributed by atoms with Gasteiger partial charge in [-0.25, -0.2) is 0 Å². The van der Waals surface area contributed by atoms with Crippen molar-refractivity contribution in [2.24, 2.45) is 7.05 Å². The van der Waals surface area contributed by atoms with E-state index < -0.39 is 35.0 Å². The molecule has 0 bridgehead atoms.